The van der Waals surface area contributed by atoms with Crippen molar-refractivity contribution in [3.8, 4) is 0 Å². The monoisotopic (exact) mass is 434 g/mol. The molecule has 0 atom stereocenters. The number of rotatable bonds is 3. The third-order valence-electron chi connectivity index (χ3n) is 9.13. The molecule has 1 aromatic carbocycles. The summed E-state index contributed by atoms with van der Waals surface area (Å²) < 4.78 is 5.33. The van der Waals surface area contributed by atoms with Gasteiger partial charge in [-0.1, -0.05) is 30.3 Å². The largest absolute Gasteiger partial charge is 0.462 e. The van der Waals surface area contributed by atoms with Crippen molar-refractivity contribution in [3.05, 3.63) is 41.5 Å². The lowest BCUT2D eigenvalue weighted by Gasteiger charge is -2.54. The minimum absolute atomic E-state index is 0.123. The average molecular weight is 435 g/mol. The topological polar surface area (TPSA) is 58.6 Å². The van der Waals surface area contributed by atoms with Crippen LogP contribution < -0.4 is 5.32 Å². The van der Waals surface area contributed by atoms with Gasteiger partial charge < -0.3 is 15.0 Å². The quantitative estimate of drug-likeness (QED) is 0.712. The van der Waals surface area contributed by atoms with E-state index in [-0.39, 0.29) is 17.4 Å². The van der Waals surface area contributed by atoms with Crippen LogP contribution in [0.25, 0.3) is 5.57 Å². The number of ether oxygens (including phenoxy) is 1. The van der Waals surface area contributed by atoms with E-state index in [0.717, 1.165) is 43.3 Å². The van der Waals surface area contributed by atoms with Gasteiger partial charge in [0.25, 0.3) is 0 Å². The maximum atomic E-state index is 13.2. The summed E-state index contributed by atoms with van der Waals surface area (Å²) in [5.41, 5.74) is 2.73. The van der Waals surface area contributed by atoms with Crippen molar-refractivity contribution in [2.45, 2.75) is 63.3 Å². The van der Waals surface area contributed by atoms with Crippen molar-refractivity contribution in [2.75, 3.05) is 19.7 Å². The second-order valence-electron chi connectivity index (χ2n) is 10.9. The van der Waals surface area contributed by atoms with Crippen LogP contribution >= 0.6 is 0 Å². The number of hydrogen-bond acceptors (Lipinski definition) is 3. The second kappa shape index (κ2) is 7.64. The van der Waals surface area contributed by atoms with Crippen LogP contribution in [0.4, 0.5) is 4.79 Å². The van der Waals surface area contributed by atoms with Crippen molar-refractivity contribution in [3.63, 3.8) is 0 Å². The van der Waals surface area contributed by atoms with Gasteiger partial charge in [0.05, 0.1) is 12.2 Å². The van der Waals surface area contributed by atoms with Crippen LogP contribution in [-0.2, 0) is 14.9 Å². The number of allylic oxidation sites excluding steroid dienone is 1. The minimum atomic E-state index is -0.237. The van der Waals surface area contributed by atoms with Crippen molar-refractivity contribution >= 4 is 17.6 Å². The number of nitrogens with zero attached hydrogens (tertiary/aromatic N) is 1. The third-order valence-corrected chi connectivity index (χ3v) is 9.13. The first-order valence-electron chi connectivity index (χ1n) is 12.6. The minimum Gasteiger partial charge on any atom is -0.462 e. The highest BCUT2D eigenvalue weighted by atomic mass is 16.5. The Morgan fingerprint density at radius 2 is 1.69 bits per heavy atom. The van der Waals surface area contributed by atoms with E-state index in [1.165, 1.54) is 37.7 Å². The molecule has 0 aromatic heterocycles. The van der Waals surface area contributed by atoms with Crippen LogP contribution in [0.3, 0.4) is 0 Å². The number of likely N-dealkylation sites (tertiary alicyclic amines) is 1. The molecule has 5 nitrogen and oxygen atoms in total. The smallest absolute Gasteiger partial charge is 0.338 e. The summed E-state index contributed by atoms with van der Waals surface area (Å²) in [6.45, 7) is 3.67. The molecule has 5 heteroatoms. The Morgan fingerprint density at radius 3 is 2.34 bits per heavy atom. The number of benzene rings is 1. The Bertz CT molecular complexity index is 931. The highest BCUT2D eigenvalue weighted by Crippen LogP contribution is 2.54. The lowest BCUT2D eigenvalue weighted by atomic mass is 9.54. The van der Waals surface area contributed by atoms with Gasteiger partial charge in [-0.2, -0.15) is 0 Å². The molecular formula is C27H34N2O3. The van der Waals surface area contributed by atoms with Crippen molar-refractivity contribution in [1.82, 2.24) is 10.2 Å². The molecule has 1 aromatic rings. The summed E-state index contributed by atoms with van der Waals surface area (Å²) in [5.74, 6) is 3.00. The summed E-state index contributed by atoms with van der Waals surface area (Å²) in [6, 6.07) is 8.71. The standard InChI is InChI=1S/C27H34N2O3/c1-2-32-25(30)22-16-27(23-6-4-3-5-21(22)23)7-9-29(10-8-27)26(31)28-24-19-12-17-11-18(14-19)15-20(24)13-17/h3-6,16-20,24H,2,7-15H2,1H3,(H,28,31). The highest BCUT2D eigenvalue weighted by Gasteiger charge is 2.49. The Hall–Kier alpha value is -2.30. The zero-order valence-corrected chi connectivity index (χ0v) is 19.0. The van der Waals surface area contributed by atoms with E-state index in [1.807, 2.05) is 30.0 Å². The predicted molar refractivity (Wildman–Crippen MR) is 123 cm³/mol. The van der Waals surface area contributed by atoms with Gasteiger partial charge in [0, 0.05) is 24.5 Å². The fourth-order valence-electron chi connectivity index (χ4n) is 7.88. The molecule has 2 amide bonds. The summed E-state index contributed by atoms with van der Waals surface area (Å²) >= 11 is 0. The molecule has 1 spiro atoms. The van der Waals surface area contributed by atoms with Gasteiger partial charge in [0.2, 0.25) is 0 Å². The van der Waals surface area contributed by atoms with Crippen LogP contribution in [0.2, 0.25) is 0 Å². The number of hydrogen-bond donors (Lipinski definition) is 1. The number of piperidine rings is 1. The van der Waals surface area contributed by atoms with Crippen LogP contribution in [0.15, 0.2) is 30.3 Å². The van der Waals surface area contributed by atoms with Gasteiger partial charge >= 0.3 is 12.0 Å². The second-order valence-corrected chi connectivity index (χ2v) is 10.9. The van der Waals surface area contributed by atoms with Gasteiger partial charge in [-0.15, -0.1) is 0 Å². The fraction of sp³-hybridized carbons (Fsp3) is 0.630. The number of fused-ring (bicyclic) bond motifs is 2. The molecule has 0 radical (unpaired) electrons. The Labute approximate surface area is 190 Å². The molecule has 1 saturated heterocycles. The van der Waals surface area contributed by atoms with Gasteiger partial charge in [-0.3, -0.25) is 0 Å². The first-order valence-corrected chi connectivity index (χ1v) is 12.6. The molecule has 4 bridgehead atoms. The molecular weight excluding hydrogens is 400 g/mol. The van der Waals surface area contributed by atoms with Crippen LogP contribution in [0.5, 0.6) is 0 Å². The molecule has 1 N–H and O–H groups in total. The molecule has 170 valence electrons. The number of carbonyl (C=O) groups excluding carboxylic acids is 2. The zero-order valence-electron chi connectivity index (χ0n) is 19.0. The van der Waals surface area contributed by atoms with Crippen LogP contribution in [0.1, 0.15) is 63.0 Å². The first-order chi connectivity index (χ1) is 15.6. The molecule has 32 heavy (non-hydrogen) atoms. The summed E-state index contributed by atoms with van der Waals surface area (Å²) in [4.78, 5) is 27.8. The number of esters is 1. The molecule has 0 unspecified atom stereocenters. The molecule has 5 aliphatic carbocycles. The fourth-order valence-corrected chi connectivity index (χ4v) is 7.88. The molecule has 7 rings (SSSR count). The molecule has 1 aliphatic heterocycles. The number of amides is 2. The summed E-state index contributed by atoms with van der Waals surface area (Å²) in [5, 5.41) is 3.47. The predicted octanol–water partition coefficient (Wildman–Crippen LogP) is 4.51. The normalized spacial score (nSPS) is 33.7. The number of nitrogens with one attached hydrogen (secondary N) is 1. The Balaban J connectivity index is 1.15. The Kier molecular flexibility index (Phi) is 4.85. The van der Waals surface area contributed by atoms with Crippen molar-refractivity contribution in [1.29, 1.82) is 0 Å². The van der Waals surface area contributed by atoms with Crippen molar-refractivity contribution < 1.29 is 14.3 Å². The third kappa shape index (κ3) is 3.19. The van der Waals surface area contributed by atoms with Gasteiger partial charge in [0.15, 0.2) is 0 Å². The van der Waals surface area contributed by atoms with Gasteiger partial charge in [-0.05, 0) is 86.7 Å². The summed E-state index contributed by atoms with van der Waals surface area (Å²) in [7, 11) is 0. The molecule has 5 fully saturated rings. The van der Waals surface area contributed by atoms with E-state index in [4.69, 9.17) is 4.74 Å². The summed E-state index contributed by atoms with van der Waals surface area (Å²) in [6.07, 6.45) is 10.5. The Morgan fingerprint density at radius 1 is 1.03 bits per heavy atom. The maximum absolute atomic E-state index is 13.2. The zero-order chi connectivity index (χ0) is 21.9. The van der Waals surface area contributed by atoms with E-state index in [9.17, 15) is 9.59 Å². The highest BCUT2D eigenvalue weighted by molar-refractivity contribution is 6.18. The van der Waals surface area contributed by atoms with Crippen molar-refractivity contribution in [2.24, 2.45) is 23.7 Å². The maximum Gasteiger partial charge on any atom is 0.338 e. The average Bonchev–Trinajstić information content (AvgIpc) is 3.11. The van der Waals surface area contributed by atoms with E-state index in [0.29, 0.717) is 30.1 Å². The lowest BCUT2D eigenvalue weighted by molar-refractivity contribution is -0.136. The van der Waals surface area contributed by atoms with E-state index < -0.39 is 0 Å². The molecule has 1 heterocycles. The lowest BCUT2D eigenvalue weighted by Crippen LogP contribution is -2.59. The molecule has 4 saturated carbocycles. The van der Waals surface area contributed by atoms with Gasteiger partial charge in [0.1, 0.15) is 0 Å². The van der Waals surface area contributed by atoms with E-state index >= 15 is 0 Å². The van der Waals surface area contributed by atoms with E-state index in [1.54, 1.807) is 0 Å². The van der Waals surface area contributed by atoms with Crippen LogP contribution in [-0.4, -0.2) is 42.6 Å². The first kappa shape index (κ1) is 20.3. The van der Waals surface area contributed by atoms with Gasteiger partial charge in [-0.25, -0.2) is 9.59 Å². The molecule has 6 aliphatic rings. The SMILES string of the molecule is CCOC(=O)C1=CC2(CCN(C(=O)NC3C4CC5CC(C4)CC3C5)CC2)c2ccccc21. The number of carbonyl (C=O) groups is 2. The van der Waals surface area contributed by atoms with Crippen LogP contribution in [0, 0.1) is 23.7 Å². The van der Waals surface area contributed by atoms with E-state index in [2.05, 4.69) is 17.5 Å². The number of urea groups is 1.